The molecule has 3 aromatic rings. The van der Waals surface area contributed by atoms with Gasteiger partial charge in [0.2, 0.25) is 0 Å². The van der Waals surface area contributed by atoms with E-state index in [-0.39, 0.29) is 12.6 Å². The summed E-state index contributed by atoms with van der Waals surface area (Å²) in [5, 5.41) is 15.8. The number of hydrogen-bond acceptors (Lipinski definition) is 6. The van der Waals surface area contributed by atoms with Crippen LogP contribution < -0.4 is 4.90 Å². The number of aryl methyl sites for hydroxylation is 1. The first kappa shape index (κ1) is 23.8. The van der Waals surface area contributed by atoms with Gasteiger partial charge in [0.05, 0.1) is 24.5 Å². The van der Waals surface area contributed by atoms with Crippen LogP contribution in [0.2, 0.25) is 10.0 Å². The smallest absolute Gasteiger partial charge is 0.179 e. The number of benzene rings is 1. The van der Waals surface area contributed by atoms with E-state index in [9.17, 15) is 5.11 Å². The fourth-order valence-corrected chi connectivity index (χ4v) is 6.33. The summed E-state index contributed by atoms with van der Waals surface area (Å²) in [6, 6.07) is 6.27. The molecule has 1 aromatic carbocycles. The van der Waals surface area contributed by atoms with Gasteiger partial charge in [-0.25, -0.2) is 14.6 Å². The van der Waals surface area contributed by atoms with E-state index in [0.29, 0.717) is 28.0 Å². The Balaban J connectivity index is 1.41. The molecule has 4 heterocycles. The molecule has 4 atom stereocenters. The summed E-state index contributed by atoms with van der Waals surface area (Å²) in [6.45, 7) is 9.54. The summed E-state index contributed by atoms with van der Waals surface area (Å²) in [5.74, 6) is 1.37. The number of hydrogen-bond donors (Lipinski definition) is 1. The lowest BCUT2D eigenvalue weighted by molar-refractivity contribution is 0.0800. The van der Waals surface area contributed by atoms with Gasteiger partial charge in [-0.3, -0.25) is 4.90 Å². The molecule has 0 spiro atoms. The first-order valence-electron chi connectivity index (χ1n) is 12.2. The number of rotatable bonds is 5. The molecule has 0 saturated carbocycles. The molecule has 34 heavy (non-hydrogen) atoms. The maximum Gasteiger partial charge on any atom is 0.179 e. The number of anilines is 1. The van der Waals surface area contributed by atoms with Gasteiger partial charge in [-0.15, -0.1) is 0 Å². The van der Waals surface area contributed by atoms with Crippen LogP contribution in [-0.4, -0.2) is 68.1 Å². The van der Waals surface area contributed by atoms with E-state index in [0.717, 1.165) is 60.7 Å². The van der Waals surface area contributed by atoms with E-state index in [2.05, 4.69) is 23.6 Å². The monoisotopic (exact) mass is 502 g/mol. The molecule has 1 N–H and O–H groups in total. The zero-order valence-corrected chi connectivity index (χ0v) is 21.5. The van der Waals surface area contributed by atoms with E-state index >= 15 is 0 Å². The van der Waals surface area contributed by atoms with Gasteiger partial charge in [0.25, 0.3) is 0 Å². The minimum atomic E-state index is -0.110. The van der Waals surface area contributed by atoms with Gasteiger partial charge < -0.3 is 10.0 Å². The molecule has 2 fully saturated rings. The van der Waals surface area contributed by atoms with Crippen LogP contribution in [0.5, 0.6) is 0 Å². The SMILES string of the molecule is Cc1nn(C(C)c2ccc(Cl)cc2Cl)c2nc(N3CCC(N4CCCC4CO)[C@@H](C)C3)cnc12. The van der Waals surface area contributed by atoms with Gasteiger partial charge >= 0.3 is 0 Å². The van der Waals surface area contributed by atoms with Gasteiger partial charge in [-0.05, 0) is 63.3 Å². The lowest BCUT2D eigenvalue weighted by Gasteiger charge is -2.43. The van der Waals surface area contributed by atoms with Crippen molar-refractivity contribution in [2.45, 2.75) is 58.2 Å². The zero-order chi connectivity index (χ0) is 24.0. The summed E-state index contributed by atoms with van der Waals surface area (Å²) in [5.41, 5.74) is 3.37. The van der Waals surface area contributed by atoms with Crippen LogP contribution in [0.15, 0.2) is 24.4 Å². The minimum Gasteiger partial charge on any atom is -0.395 e. The fraction of sp³-hybridized carbons (Fsp3) is 0.560. The number of halogens is 2. The molecule has 0 amide bonds. The molecule has 0 aliphatic carbocycles. The van der Waals surface area contributed by atoms with Crippen LogP contribution in [0.4, 0.5) is 5.82 Å². The van der Waals surface area contributed by atoms with Crippen LogP contribution in [0.1, 0.15) is 50.4 Å². The Hall–Kier alpha value is -1.93. The summed E-state index contributed by atoms with van der Waals surface area (Å²) in [7, 11) is 0. The van der Waals surface area contributed by atoms with Crippen LogP contribution in [0, 0.1) is 12.8 Å². The maximum absolute atomic E-state index is 9.78. The average molecular weight is 503 g/mol. The average Bonchev–Trinajstić information content (AvgIpc) is 3.42. The molecular weight excluding hydrogens is 471 g/mol. The van der Waals surface area contributed by atoms with Crippen LogP contribution in [0.25, 0.3) is 11.2 Å². The van der Waals surface area contributed by atoms with Crippen molar-refractivity contribution in [1.29, 1.82) is 0 Å². The molecule has 7 nitrogen and oxygen atoms in total. The first-order valence-corrected chi connectivity index (χ1v) is 12.9. The van der Waals surface area contributed by atoms with Crippen molar-refractivity contribution in [1.82, 2.24) is 24.6 Å². The van der Waals surface area contributed by atoms with Crippen molar-refractivity contribution in [2.24, 2.45) is 5.92 Å². The van der Waals surface area contributed by atoms with E-state index in [1.165, 1.54) is 6.42 Å². The number of nitrogens with zero attached hydrogens (tertiary/aromatic N) is 6. The maximum atomic E-state index is 9.78. The van der Waals surface area contributed by atoms with Crippen molar-refractivity contribution >= 4 is 40.2 Å². The van der Waals surface area contributed by atoms with Crippen molar-refractivity contribution in [3.63, 3.8) is 0 Å². The van der Waals surface area contributed by atoms with Gasteiger partial charge in [0.1, 0.15) is 11.3 Å². The van der Waals surface area contributed by atoms with Crippen molar-refractivity contribution in [3.8, 4) is 0 Å². The highest BCUT2D eigenvalue weighted by atomic mass is 35.5. The number of aromatic nitrogens is 4. The summed E-state index contributed by atoms with van der Waals surface area (Å²) in [4.78, 5) is 14.7. The van der Waals surface area contributed by atoms with Crippen LogP contribution in [-0.2, 0) is 0 Å². The number of piperidine rings is 1. The van der Waals surface area contributed by atoms with Crippen molar-refractivity contribution in [3.05, 3.63) is 45.7 Å². The molecule has 0 radical (unpaired) electrons. The Morgan fingerprint density at radius 3 is 2.76 bits per heavy atom. The molecule has 0 bridgehead atoms. The largest absolute Gasteiger partial charge is 0.395 e. The number of fused-ring (bicyclic) bond motifs is 1. The van der Waals surface area contributed by atoms with Gasteiger partial charge in [-0.2, -0.15) is 5.10 Å². The lowest BCUT2D eigenvalue weighted by Crippen LogP contribution is -2.52. The second kappa shape index (κ2) is 9.61. The standard InChI is InChI=1S/C25H32Cl2N6O/c1-15-13-31(10-8-22(15)32-9-4-5-19(32)14-34)23-12-28-24-16(2)30-33(25(24)29-23)17(3)20-7-6-18(26)11-21(20)27/h6-7,11-12,15,17,19,22,34H,4-5,8-10,13-14H2,1-3H3/t15-,17?,19?,22?/m0/s1. The predicted octanol–water partition coefficient (Wildman–Crippen LogP) is 4.72. The third-order valence-corrected chi connectivity index (χ3v) is 8.14. The Morgan fingerprint density at radius 2 is 2.03 bits per heavy atom. The first-order chi connectivity index (χ1) is 16.4. The van der Waals surface area contributed by atoms with E-state index in [1.54, 1.807) is 6.07 Å². The molecule has 2 aliphatic rings. The second-order valence-corrected chi connectivity index (χ2v) is 10.6. The lowest BCUT2D eigenvalue weighted by atomic mass is 9.92. The zero-order valence-electron chi connectivity index (χ0n) is 20.0. The molecule has 2 saturated heterocycles. The quantitative estimate of drug-likeness (QED) is 0.544. The highest BCUT2D eigenvalue weighted by Crippen LogP contribution is 2.33. The second-order valence-electron chi connectivity index (χ2n) is 9.77. The molecule has 2 aliphatic heterocycles. The van der Waals surface area contributed by atoms with Crippen molar-refractivity contribution < 1.29 is 5.11 Å². The van der Waals surface area contributed by atoms with Gasteiger partial charge in [0.15, 0.2) is 5.65 Å². The van der Waals surface area contributed by atoms with E-state index in [4.69, 9.17) is 38.3 Å². The minimum absolute atomic E-state index is 0.110. The Bertz CT molecular complexity index is 1180. The summed E-state index contributed by atoms with van der Waals surface area (Å²) in [6.07, 6.45) is 5.22. The molecule has 3 unspecified atom stereocenters. The number of likely N-dealkylation sites (tertiary alicyclic amines) is 1. The van der Waals surface area contributed by atoms with Gasteiger partial charge in [-0.1, -0.05) is 36.2 Å². The fourth-order valence-electron chi connectivity index (χ4n) is 5.76. The molecule has 182 valence electrons. The Morgan fingerprint density at radius 1 is 1.21 bits per heavy atom. The van der Waals surface area contributed by atoms with Gasteiger partial charge in [0, 0.05) is 35.2 Å². The summed E-state index contributed by atoms with van der Waals surface area (Å²) < 4.78 is 1.92. The normalized spacial score (nSPS) is 24.8. The van der Waals surface area contributed by atoms with E-state index < -0.39 is 0 Å². The molecule has 9 heteroatoms. The third-order valence-electron chi connectivity index (χ3n) is 7.58. The number of aliphatic hydroxyl groups excluding tert-OH is 1. The Labute approximate surface area is 210 Å². The highest BCUT2D eigenvalue weighted by molar-refractivity contribution is 6.35. The van der Waals surface area contributed by atoms with Crippen LogP contribution in [0.3, 0.4) is 0 Å². The number of aliphatic hydroxyl groups is 1. The molecule has 5 rings (SSSR count). The molecule has 2 aromatic heterocycles. The third kappa shape index (κ3) is 4.28. The van der Waals surface area contributed by atoms with Crippen LogP contribution >= 0.6 is 23.2 Å². The highest BCUT2D eigenvalue weighted by Gasteiger charge is 2.36. The topological polar surface area (TPSA) is 70.3 Å². The van der Waals surface area contributed by atoms with Crippen molar-refractivity contribution in [2.75, 3.05) is 31.1 Å². The molecular formula is C25H32Cl2N6O. The summed E-state index contributed by atoms with van der Waals surface area (Å²) >= 11 is 12.6. The Kier molecular flexibility index (Phi) is 6.73. The predicted molar refractivity (Wildman–Crippen MR) is 137 cm³/mol. The van der Waals surface area contributed by atoms with E-state index in [1.807, 2.05) is 29.9 Å².